The number of fused-ring (bicyclic) bond motifs is 1. The normalized spacial score (nSPS) is 28.0. The van der Waals surface area contributed by atoms with E-state index in [9.17, 15) is 15.0 Å². The van der Waals surface area contributed by atoms with E-state index in [4.69, 9.17) is 4.74 Å². The molecule has 4 atom stereocenters. The van der Waals surface area contributed by atoms with Gasteiger partial charge in [-0.15, -0.1) is 0 Å². The van der Waals surface area contributed by atoms with Gasteiger partial charge < -0.3 is 19.7 Å². The molecule has 0 spiro atoms. The van der Waals surface area contributed by atoms with Crippen LogP contribution < -0.4 is 0 Å². The number of rotatable bonds is 20. The van der Waals surface area contributed by atoms with Gasteiger partial charge in [-0.3, -0.25) is 0 Å². The zero-order valence-corrected chi connectivity index (χ0v) is 24.4. The fraction of sp³-hybridized carbons (Fsp3) is 0.848. The zero-order valence-electron chi connectivity index (χ0n) is 24.4. The van der Waals surface area contributed by atoms with Gasteiger partial charge in [0.15, 0.2) is 0 Å². The first kappa shape index (κ1) is 32.2. The Hall–Kier alpha value is -0.970. The summed E-state index contributed by atoms with van der Waals surface area (Å²) >= 11 is 0. The van der Waals surface area contributed by atoms with Gasteiger partial charge in [0.05, 0.1) is 18.3 Å². The predicted molar refractivity (Wildman–Crippen MR) is 155 cm³/mol. The monoisotopic (exact) mass is 518 g/mol. The van der Waals surface area contributed by atoms with Gasteiger partial charge in [-0.25, -0.2) is 0 Å². The lowest BCUT2D eigenvalue weighted by Gasteiger charge is -2.40. The van der Waals surface area contributed by atoms with Gasteiger partial charge in [0.25, 0.3) is 0 Å². The predicted octanol–water partition coefficient (Wildman–Crippen LogP) is 8.10. The lowest BCUT2D eigenvalue weighted by Crippen LogP contribution is -2.49. The standard InChI is InChI=1S/C33H58O4/c1-28(2)33(36)30-21-20-29(22-23-32(30,3)26-31(33)35)27-37-25-19-17-15-13-11-9-7-5-4-6-8-10-12-14-16-18-24-34/h4-5,22,24,28,30-31,35-36H,6-21,23,25-27H2,1-3H3. The minimum absolute atomic E-state index is 0.0193. The molecule has 2 aliphatic rings. The van der Waals surface area contributed by atoms with E-state index in [-0.39, 0.29) is 17.3 Å². The minimum Gasteiger partial charge on any atom is -0.390 e. The van der Waals surface area contributed by atoms with Crippen LogP contribution in [-0.2, 0) is 9.53 Å². The largest absolute Gasteiger partial charge is 0.390 e. The summed E-state index contributed by atoms with van der Waals surface area (Å²) in [7, 11) is 0. The van der Waals surface area contributed by atoms with Gasteiger partial charge in [-0.1, -0.05) is 83.9 Å². The number of hydrogen-bond acceptors (Lipinski definition) is 4. The highest BCUT2D eigenvalue weighted by atomic mass is 16.5. The minimum atomic E-state index is -0.964. The first-order chi connectivity index (χ1) is 17.8. The SMILES string of the molecule is CC(C)C1(O)C(O)CC2(C)CC=C(COCCCCCCCCC=CCCCCCCCC=O)CCC21. The molecule has 0 aliphatic heterocycles. The summed E-state index contributed by atoms with van der Waals surface area (Å²) in [6.45, 7) is 7.89. The summed E-state index contributed by atoms with van der Waals surface area (Å²) in [6.07, 6.45) is 27.9. The smallest absolute Gasteiger partial charge is 0.119 e. The molecule has 0 saturated heterocycles. The molecule has 1 saturated carbocycles. The lowest BCUT2D eigenvalue weighted by molar-refractivity contribution is -0.121. The van der Waals surface area contributed by atoms with Crippen molar-refractivity contribution >= 4 is 6.29 Å². The first-order valence-corrected chi connectivity index (χ1v) is 15.6. The Labute approximate surface area is 228 Å². The molecular weight excluding hydrogens is 460 g/mol. The summed E-state index contributed by atoms with van der Waals surface area (Å²) in [5.74, 6) is 0.213. The van der Waals surface area contributed by atoms with Crippen LogP contribution in [0, 0.1) is 17.3 Å². The molecule has 4 heteroatoms. The van der Waals surface area contributed by atoms with Gasteiger partial charge in [0.1, 0.15) is 6.29 Å². The number of allylic oxidation sites excluding steroid dienone is 3. The third kappa shape index (κ3) is 10.6. The second-order valence-electron chi connectivity index (χ2n) is 12.5. The molecule has 2 rings (SSSR count). The molecule has 0 bridgehead atoms. The third-order valence-electron chi connectivity index (χ3n) is 9.19. The van der Waals surface area contributed by atoms with E-state index in [0.29, 0.717) is 6.42 Å². The van der Waals surface area contributed by atoms with Crippen LogP contribution in [-0.4, -0.2) is 41.4 Å². The molecule has 4 unspecified atom stereocenters. The Morgan fingerprint density at radius 1 is 0.946 bits per heavy atom. The molecule has 0 amide bonds. The molecule has 214 valence electrons. The van der Waals surface area contributed by atoms with E-state index in [1.165, 1.54) is 76.2 Å². The van der Waals surface area contributed by atoms with Crippen LogP contribution in [0.5, 0.6) is 0 Å². The van der Waals surface area contributed by atoms with Crippen molar-refractivity contribution in [2.75, 3.05) is 13.2 Å². The van der Waals surface area contributed by atoms with Crippen LogP contribution in [0.2, 0.25) is 0 Å². The quantitative estimate of drug-likeness (QED) is 0.0970. The van der Waals surface area contributed by atoms with Crippen molar-refractivity contribution in [2.45, 2.75) is 148 Å². The Morgan fingerprint density at radius 2 is 1.51 bits per heavy atom. The lowest BCUT2D eigenvalue weighted by atomic mass is 9.69. The second kappa shape index (κ2) is 17.6. The number of aliphatic hydroxyl groups is 2. The highest BCUT2D eigenvalue weighted by Gasteiger charge is 2.60. The molecule has 2 aliphatic carbocycles. The van der Waals surface area contributed by atoms with Gasteiger partial charge in [-0.05, 0) is 87.0 Å². The number of unbranched alkanes of at least 4 members (excludes halogenated alkanes) is 12. The molecule has 37 heavy (non-hydrogen) atoms. The number of aldehydes is 1. The Kier molecular flexibility index (Phi) is 15.3. The van der Waals surface area contributed by atoms with Crippen molar-refractivity contribution in [1.82, 2.24) is 0 Å². The van der Waals surface area contributed by atoms with E-state index < -0.39 is 11.7 Å². The molecule has 2 N–H and O–H groups in total. The molecule has 1 fully saturated rings. The molecule has 4 nitrogen and oxygen atoms in total. The topological polar surface area (TPSA) is 66.8 Å². The molecular formula is C33H58O4. The van der Waals surface area contributed by atoms with Crippen molar-refractivity contribution in [3.05, 3.63) is 23.8 Å². The van der Waals surface area contributed by atoms with Crippen LogP contribution in [0.3, 0.4) is 0 Å². The third-order valence-corrected chi connectivity index (χ3v) is 9.19. The maximum absolute atomic E-state index is 11.3. The van der Waals surface area contributed by atoms with Crippen molar-refractivity contribution in [2.24, 2.45) is 17.3 Å². The summed E-state index contributed by atoms with van der Waals surface area (Å²) < 4.78 is 6.03. The van der Waals surface area contributed by atoms with Crippen molar-refractivity contribution in [3.63, 3.8) is 0 Å². The van der Waals surface area contributed by atoms with Crippen LogP contribution >= 0.6 is 0 Å². The van der Waals surface area contributed by atoms with E-state index in [2.05, 4.69) is 25.2 Å². The number of ether oxygens (including phenoxy) is 1. The summed E-state index contributed by atoms with van der Waals surface area (Å²) in [5.41, 5.74) is 0.391. The van der Waals surface area contributed by atoms with Crippen LogP contribution in [0.1, 0.15) is 136 Å². The van der Waals surface area contributed by atoms with E-state index in [0.717, 1.165) is 58.0 Å². The molecule has 0 radical (unpaired) electrons. The Morgan fingerprint density at radius 3 is 2.11 bits per heavy atom. The average molecular weight is 519 g/mol. The number of carbonyl (C=O) groups excluding carboxylic acids is 1. The number of aliphatic hydroxyl groups excluding tert-OH is 1. The maximum Gasteiger partial charge on any atom is 0.119 e. The van der Waals surface area contributed by atoms with Crippen molar-refractivity contribution in [3.8, 4) is 0 Å². The summed E-state index contributed by atoms with van der Waals surface area (Å²) in [4.78, 5) is 10.3. The highest BCUT2D eigenvalue weighted by molar-refractivity contribution is 5.48. The zero-order chi connectivity index (χ0) is 27.0. The van der Waals surface area contributed by atoms with Gasteiger partial charge >= 0.3 is 0 Å². The molecule has 0 aromatic rings. The molecule has 0 aromatic heterocycles. The maximum atomic E-state index is 11.3. The fourth-order valence-corrected chi connectivity index (χ4v) is 6.70. The van der Waals surface area contributed by atoms with Gasteiger partial charge in [0.2, 0.25) is 0 Å². The van der Waals surface area contributed by atoms with Crippen LogP contribution in [0.25, 0.3) is 0 Å². The Balaban J connectivity index is 1.44. The summed E-state index contributed by atoms with van der Waals surface area (Å²) in [6, 6.07) is 0. The number of carbonyl (C=O) groups is 1. The van der Waals surface area contributed by atoms with E-state index >= 15 is 0 Å². The van der Waals surface area contributed by atoms with Crippen LogP contribution in [0.15, 0.2) is 23.8 Å². The average Bonchev–Trinajstić information content (AvgIpc) is 2.96. The van der Waals surface area contributed by atoms with Gasteiger partial charge in [-0.2, -0.15) is 0 Å². The van der Waals surface area contributed by atoms with Crippen molar-refractivity contribution < 1.29 is 19.7 Å². The van der Waals surface area contributed by atoms with E-state index in [1.54, 1.807) is 0 Å². The van der Waals surface area contributed by atoms with Crippen molar-refractivity contribution in [1.29, 1.82) is 0 Å². The Bertz CT molecular complexity index is 684. The summed E-state index contributed by atoms with van der Waals surface area (Å²) in [5, 5.41) is 22.0. The van der Waals surface area contributed by atoms with Crippen LogP contribution in [0.4, 0.5) is 0 Å². The first-order valence-electron chi connectivity index (χ1n) is 15.6. The molecule has 0 heterocycles. The highest BCUT2D eigenvalue weighted by Crippen LogP contribution is 2.57. The second-order valence-corrected chi connectivity index (χ2v) is 12.5. The van der Waals surface area contributed by atoms with E-state index in [1.807, 2.05) is 13.8 Å². The number of hydrogen-bond donors (Lipinski definition) is 2. The molecule has 0 aromatic carbocycles. The fourth-order valence-electron chi connectivity index (χ4n) is 6.70. The van der Waals surface area contributed by atoms with Gasteiger partial charge in [0, 0.05) is 13.0 Å².